The Morgan fingerprint density at radius 1 is 1.06 bits per heavy atom. The molecule has 35 heavy (non-hydrogen) atoms. The Kier molecular flexibility index (Phi) is 8.14. The van der Waals surface area contributed by atoms with Crippen molar-refractivity contribution in [1.82, 2.24) is 9.97 Å². The molecule has 10 heteroatoms. The lowest BCUT2D eigenvalue weighted by Gasteiger charge is -2.19. The molecule has 0 aliphatic carbocycles. The first-order valence-corrected chi connectivity index (χ1v) is 11.1. The molecule has 0 fully saturated rings. The molecule has 0 bridgehead atoms. The van der Waals surface area contributed by atoms with Gasteiger partial charge in [0, 0.05) is 35.1 Å². The highest BCUT2D eigenvalue weighted by Crippen LogP contribution is 2.36. The zero-order chi connectivity index (χ0) is 25.6. The predicted molar refractivity (Wildman–Crippen MR) is 131 cm³/mol. The topological polar surface area (TPSA) is 109 Å². The summed E-state index contributed by atoms with van der Waals surface area (Å²) < 4.78 is 21.8. The maximum atomic E-state index is 12.6. The van der Waals surface area contributed by atoms with Gasteiger partial charge in [-0.25, -0.2) is 19.6 Å². The Labute approximate surface area is 208 Å². The molecule has 0 aliphatic heterocycles. The molecule has 1 amide bonds. The Bertz CT molecular complexity index is 1230. The van der Waals surface area contributed by atoms with E-state index in [2.05, 4.69) is 15.3 Å². The highest BCUT2D eigenvalue weighted by Gasteiger charge is 2.20. The maximum absolute atomic E-state index is 12.6. The van der Waals surface area contributed by atoms with Gasteiger partial charge in [0.15, 0.2) is 0 Å². The van der Waals surface area contributed by atoms with Gasteiger partial charge in [0.2, 0.25) is 5.88 Å². The molecular formula is C25H26ClN3O6. The fourth-order valence-electron chi connectivity index (χ4n) is 3.06. The largest absolute Gasteiger partial charge is 0.494 e. The van der Waals surface area contributed by atoms with Gasteiger partial charge in [-0.05, 0) is 45.9 Å². The zero-order valence-corrected chi connectivity index (χ0v) is 20.8. The molecule has 0 saturated heterocycles. The van der Waals surface area contributed by atoms with Crippen molar-refractivity contribution in [1.29, 1.82) is 0 Å². The molecule has 2 heterocycles. The van der Waals surface area contributed by atoms with Crippen LogP contribution in [0.2, 0.25) is 5.15 Å². The first-order chi connectivity index (χ1) is 16.6. The van der Waals surface area contributed by atoms with Crippen LogP contribution in [-0.2, 0) is 9.47 Å². The Hall–Kier alpha value is -3.85. The van der Waals surface area contributed by atoms with E-state index in [1.54, 1.807) is 64.1 Å². The summed E-state index contributed by atoms with van der Waals surface area (Å²) in [5.41, 5.74) is 1.01. The smallest absolute Gasteiger partial charge is 0.412 e. The van der Waals surface area contributed by atoms with Crippen LogP contribution in [0.15, 0.2) is 48.8 Å². The second-order valence-electron chi connectivity index (χ2n) is 8.25. The van der Waals surface area contributed by atoms with Crippen molar-refractivity contribution in [3.8, 4) is 28.5 Å². The molecule has 2 aromatic heterocycles. The lowest BCUT2D eigenvalue weighted by Crippen LogP contribution is -2.27. The number of rotatable bonds is 7. The number of carbonyl (C=O) groups excluding carboxylic acids is 2. The monoisotopic (exact) mass is 499 g/mol. The highest BCUT2D eigenvalue weighted by atomic mass is 35.5. The number of carbonyl (C=O) groups is 2. The molecule has 1 N–H and O–H groups in total. The van der Waals surface area contributed by atoms with E-state index in [0.29, 0.717) is 28.3 Å². The summed E-state index contributed by atoms with van der Waals surface area (Å²) in [7, 11) is 1.49. The molecule has 0 saturated carbocycles. The van der Waals surface area contributed by atoms with Crippen LogP contribution >= 0.6 is 11.6 Å². The Balaban J connectivity index is 1.95. The van der Waals surface area contributed by atoms with Crippen LogP contribution in [0.3, 0.4) is 0 Å². The molecule has 0 unspecified atom stereocenters. The van der Waals surface area contributed by atoms with Crippen LogP contribution in [0, 0.1) is 0 Å². The van der Waals surface area contributed by atoms with Crippen molar-refractivity contribution in [3.63, 3.8) is 0 Å². The number of hydrogen-bond acceptors (Lipinski definition) is 8. The van der Waals surface area contributed by atoms with Gasteiger partial charge < -0.3 is 18.9 Å². The number of hydrogen-bond donors (Lipinski definition) is 1. The molecule has 9 nitrogen and oxygen atoms in total. The van der Waals surface area contributed by atoms with Gasteiger partial charge in [0.05, 0.1) is 25.5 Å². The molecule has 184 valence electrons. The fourth-order valence-corrected chi connectivity index (χ4v) is 3.21. The first-order valence-electron chi connectivity index (χ1n) is 10.7. The van der Waals surface area contributed by atoms with E-state index < -0.39 is 17.7 Å². The summed E-state index contributed by atoms with van der Waals surface area (Å²) >= 11 is 6.11. The van der Waals surface area contributed by atoms with Crippen LogP contribution in [-0.4, -0.2) is 41.3 Å². The van der Waals surface area contributed by atoms with Crippen molar-refractivity contribution < 1.29 is 28.5 Å². The van der Waals surface area contributed by atoms with E-state index in [1.807, 2.05) is 0 Å². The summed E-state index contributed by atoms with van der Waals surface area (Å²) in [5, 5.41) is 2.88. The number of amides is 1. The molecular weight excluding hydrogens is 474 g/mol. The summed E-state index contributed by atoms with van der Waals surface area (Å²) in [5.74, 6) is 0.443. The Morgan fingerprint density at radius 2 is 1.83 bits per heavy atom. The van der Waals surface area contributed by atoms with Gasteiger partial charge in [-0.2, -0.15) is 0 Å². The number of anilines is 1. The normalized spacial score (nSPS) is 10.9. The molecule has 3 rings (SSSR count). The van der Waals surface area contributed by atoms with Crippen molar-refractivity contribution >= 4 is 29.4 Å². The van der Waals surface area contributed by atoms with Gasteiger partial charge in [-0.1, -0.05) is 17.7 Å². The van der Waals surface area contributed by atoms with E-state index in [0.717, 1.165) is 0 Å². The second kappa shape index (κ2) is 11.1. The second-order valence-corrected chi connectivity index (χ2v) is 8.64. The van der Waals surface area contributed by atoms with Gasteiger partial charge in [0.25, 0.3) is 0 Å². The van der Waals surface area contributed by atoms with Crippen molar-refractivity contribution in [2.24, 2.45) is 0 Å². The summed E-state index contributed by atoms with van der Waals surface area (Å²) in [6.45, 7) is 7.24. The van der Waals surface area contributed by atoms with E-state index in [-0.39, 0.29) is 23.2 Å². The zero-order valence-electron chi connectivity index (χ0n) is 20.0. The van der Waals surface area contributed by atoms with Gasteiger partial charge >= 0.3 is 12.1 Å². The third kappa shape index (κ3) is 7.07. The van der Waals surface area contributed by atoms with Crippen molar-refractivity contribution in [3.05, 3.63) is 59.5 Å². The average Bonchev–Trinajstić information content (AvgIpc) is 2.78. The fraction of sp³-hybridized carbons (Fsp3) is 0.280. The van der Waals surface area contributed by atoms with Crippen LogP contribution in [0.1, 0.15) is 38.1 Å². The molecule has 3 aromatic rings. The first kappa shape index (κ1) is 25.8. The highest BCUT2D eigenvalue weighted by molar-refractivity contribution is 6.29. The molecule has 0 radical (unpaired) electrons. The number of nitrogens with zero attached hydrogens (tertiary/aromatic N) is 2. The number of esters is 1. The number of aromatic nitrogens is 2. The van der Waals surface area contributed by atoms with E-state index in [4.69, 9.17) is 30.5 Å². The number of benzene rings is 1. The average molecular weight is 500 g/mol. The maximum Gasteiger partial charge on any atom is 0.412 e. The van der Waals surface area contributed by atoms with Crippen molar-refractivity contribution in [2.75, 3.05) is 19.0 Å². The number of pyridine rings is 2. The van der Waals surface area contributed by atoms with Gasteiger partial charge in [-0.3, -0.25) is 5.32 Å². The summed E-state index contributed by atoms with van der Waals surface area (Å²) in [6.07, 6.45) is 2.23. The van der Waals surface area contributed by atoms with Crippen LogP contribution in [0.4, 0.5) is 10.5 Å². The number of methoxy groups -OCH3 is 1. The summed E-state index contributed by atoms with van der Waals surface area (Å²) in [6, 6.07) is 9.88. The molecule has 1 aromatic carbocycles. The SMILES string of the molecule is CCOC(=O)c1cnc(Oc2cccc(NC(=O)OC(C)(C)C)c2)cc1-c1cc(Cl)ncc1OC. The molecule has 0 aliphatic rings. The van der Waals surface area contributed by atoms with Crippen LogP contribution in [0.5, 0.6) is 17.4 Å². The van der Waals surface area contributed by atoms with E-state index in [9.17, 15) is 9.59 Å². The minimum Gasteiger partial charge on any atom is -0.494 e. The number of halogens is 1. The Morgan fingerprint density at radius 3 is 2.51 bits per heavy atom. The van der Waals surface area contributed by atoms with E-state index in [1.165, 1.54) is 19.5 Å². The lowest BCUT2D eigenvalue weighted by atomic mass is 10.0. The third-order valence-electron chi connectivity index (χ3n) is 4.42. The quantitative estimate of drug-likeness (QED) is 0.306. The standard InChI is InChI=1S/C25H26ClN3O6/c1-6-33-23(30)19-13-28-22(12-17(19)18-11-21(26)27-14-20(18)32-5)34-16-9-7-8-15(10-16)29-24(31)35-25(2,3)4/h7-14H,6H2,1-5H3,(H,29,31). The molecule has 0 spiro atoms. The van der Waals surface area contributed by atoms with Crippen molar-refractivity contribution in [2.45, 2.75) is 33.3 Å². The van der Waals surface area contributed by atoms with Gasteiger partial charge in [0.1, 0.15) is 22.3 Å². The van der Waals surface area contributed by atoms with Crippen LogP contribution in [0.25, 0.3) is 11.1 Å². The molecule has 0 atom stereocenters. The summed E-state index contributed by atoms with van der Waals surface area (Å²) in [4.78, 5) is 33.0. The third-order valence-corrected chi connectivity index (χ3v) is 4.63. The van der Waals surface area contributed by atoms with Gasteiger partial charge in [-0.15, -0.1) is 0 Å². The number of ether oxygens (including phenoxy) is 4. The number of nitrogens with one attached hydrogen (secondary N) is 1. The van der Waals surface area contributed by atoms with Crippen LogP contribution < -0.4 is 14.8 Å². The predicted octanol–water partition coefficient (Wildman–Crippen LogP) is 6.12. The van der Waals surface area contributed by atoms with E-state index >= 15 is 0 Å². The minimum absolute atomic E-state index is 0.192. The minimum atomic E-state index is -0.629. The lowest BCUT2D eigenvalue weighted by molar-refractivity contribution is 0.0525.